The van der Waals surface area contributed by atoms with Crippen molar-refractivity contribution in [3.8, 4) is 0 Å². The SMILES string of the molecule is C1=C\c2ccc(cc2)Cc2ccc(cc2)/C=C\c2ccc(cc2)CCc2ccc/1cc2. The molecule has 8 bridgehead atoms. The van der Waals surface area contributed by atoms with E-state index in [1.54, 1.807) is 0 Å². The second kappa shape index (κ2) is 9.02. The Balaban J connectivity index is 1.46. The van der Waals surface area contributed by atoms with E-state index in [4.69, 9.17) is 0 Å². The van der Waals surface area contributed by atoms with E-state index in [0.29, 0.717) is 0 Å². The number of rotatable bonds is 0. The van der Waals surface area contributed by atoms with E-state index in [2.05, 4.69) is 121 Å². The maximum atomic E-state index is 2.25. The first-order valence-electron chi connectivity index (χ1n) is 11.0. The van der Waals surface area contributed by atoms with Crippen LogP contribution in [0.3, 0.4) is 0 Å². The third-order valence-corrected chi connectivity index (χ3v) is 5.97. The summed E-state index contributed by atoms with van der Waals surface area (Å²) in [6.07, 6.45) is 11.8. The van der Waals surface area contributed by atoms with Crippen LogP contribution in [0.25, 0.3) is 24.3 Å². The lowest BCUT2D eigenvalue weighted by Crippen LogP contribution is -1.91. The molecule has 31 heavy (non-hydrogen) atoms. The molecule has 0 saturated heterocycles. The Morgan fingerprint density at radius 2 is 0.548 bits per heavy atom. The predicted octanol–water partition coefficient (Wildman–Crippen LogP) is 7.72. The fraction of sp³-hybridized carbons (Fsp3) is 0.0968. The maximum absolute atomic E-state index is 2.25. The molecule has 0 spiro atoms. The summed E-state index contributed by atoms with van der Waals surface area (Å²) in [5.41, 5.74) is 10.4. The third kappa shape index (κ3) is 5.10. The lowest BCUT2D eigenvalue weighted by atomic mass is 10.0. The highest BCUT2D eigenvalue weighted by Crippen LogP contribution is 2.17. The molecule has 0 saturated carbocycles. The molecule has 0 fully saturated rings. The van der Waals surface area contributed by atoms with Crippen LogP contribution in [0.2, 0.25) is 0 Å². The summed E-state index contributed by atoms with van der Waals surface area (Å²) < 4.78 is 0. The molecule has 0 atom stereocenters. The van der Waals surface area contributed by atoms with Gasteiger partial charge < -0.3 is 0 Å². The number of hydrogen-bond acceptors (Lipinski definition) is 0. The van der Waals surface area contributed by atoms with Gasteiger partial charge in [0.1, 0.15) is 0 Å². The van der Waals surface area contributed by atoms with Crippen LogP contribution in [-0.2, 0) is 19.3 Å². The molecule has 0 heterocycles. The molecule has 0 heteroatoms. The van der Waals surface area contributed by atoms with Crippen molar-refractivity contribution in [3.63, 3.8) is 0 Å². The molecule has 0 radical (unpaired) electrons. The van der Waals surface area contributed by atoms with Gasteiger partial charge in [0, 0.05) is 0 Å². The molecule has 0 nitrogen and oxygen atoms in total. The summed E-state index contributed by atoms with van der Waals surface area (Å²) in [7, 11) is 0. The van der Waals surface area contributed by atoms with E-state index >= 15 is 0 Å². The Labute approximate surface area is 185 Å². The molecular weight excluding hydrogens is 372 g/mol. The number of hydrogen-bond donors (Lipinski definition) is 0. The van der Waals surface area contributed by atoms with Crippen LogP contribution in [0.15, 0.2) is 97.1 Å². The van der Waals surface area contributed by atoms with Crippen molar-refractivity contribution in [2.24, 2.45) is 0 Å². The van der Waals surface area contributed by atoms with Crippen molar-refractivity contribution in [3.05, 3.63) is 142 Å². The van der Waals surface area contributed by atoms with Gasteiger partial charge in [-0.15, -0.1) is 0 Å². The van der Waals surface area contributed by atoms with E-state index in [1.807, 2.05) is 0 Å². The van der Waals surface area contributed by atoms with Gasteiger partial charge in [0.2, 0.25) is 0 Å². The minimum absolute atomic E-state index is 0.955. The summed E-state index contributed by atoms with van der Waals surface area (Å²) >= 11 is 0. The van der Waals surface area contributed by atoms with Crippen molar-refractivity contribution in [1.82, 2.24) is 0 Å². The lowest BCUT2D eigenvalue weighted by Gasteiger charge is -2.04. The van der Waals surface area contributed by atoms with E-state index in [9.17, 15) is 0 Å². The van der Waals surface area contributed by atoms with Gasteiger partial charge in [-0.2, -0.15) is 0 Å². The first-order chi connectivity index (χ1) is 15.3. The molecule has 150 valence electrons. The maximum Gasteiger partial charge on any atom is -0.00258 e. The molecule has 0 aliphatic heterocycles. The zero-order valence-corrected chi connectivity index (χ0v) is 17.7. The van der Waals surface area contributed by atoms with Crippen molar-refractivity contribution < 1.29 is 0 Å². The van der Waals surface area contributed by atoms with E-state index in [0.717, 1.165) is 19.3 Å². The topological polar surface area (TPSA) is 0 Å². The molecule has 11 rings (SSSR count). The molecule has 0 N–H and O–H groups in total. The summed E-state index contributed by atoms with van der Waals surface area (Å²) in [5, 5.41) is 0. The standard InChI is InChI=1S/C31H26/c1-2-25-5-9-27(10-6-25)12-14-29-17-21-31(22-18-29)23-30-19-15-28(16-20-30)13-11-26-7-3-24(1)4-8-26/h3-22H,1-2,23H2/b13-11-,14-12-. The van der Waals surface area contributed by atoms with Crippen molar-refractivity contribution in [1.29, 1.82) is 0 Å². The van der Waals surface area contributed by atoms with Gasteiger partial charge >= 0.3 is 0 Å². The Hall–Kier alpha value is -3.64. The second-order valence-electron chi connectivity index (χ2n) is 8.31. The van der Waals surface area contributed by atoms with Crippen LogP contribution in [0.1, 0.15) is 44.5 Å². The minimum atomic E-state index is 0.955. The average molecular weight is 399 g/mol. The lowest BCUT2D eigenvalue weighted by molar-refractivity contribution is 0.960. The Morgan fingerprint density at radius 1 is 0.290 bits per heavy atom. The third-order valence-electron chi connectivity index (χ3n) is 5.97. The number of aryl methyl sites for hydroxylation is 2. The smallest absolute Gasteiger partial charge is 0.00258 e. The molecular formula is C31H26. The molecule has 7 aliphatic rings. The summed E-state index contributed by atoms with van der Waals surface area (Å²) in [6.45, 7) is 0. The molecule has 4 aromatic carbocycles. The summed E-state index contributed by atoms with van der Waals surface area (Å²) in [5.74, 6) is 0. The van der Waals surface area contributed by atoms with E-state index < -0.39 is 0 Å². The summed E-state index contributed by atoms with van der Waals surface area (Å²) in [4.78, 5) is 0. The monoisotopic (exact) mass is 398 g/mol. The fourth-order valence-electron chi connectivity index (χ4n) is 3.99. The van der Waals surface area contributed by atoms with E-state index in [1.165, 1.54) is 44.5 Å². The first kappa shape index (κ1) is 19.3. The van der Waals surface area contributed by atoms with Gasteiger partial charge in [-0.25, -0.2) is 0 Å². The van der Waals surface area contributed by atoms with Crippen LogP contribution < -0.4 is 0 Å². The average Bonchev–Trinajstić information content (AvgIpc) is 2.83. The largest absolute Gasteiger partial charge is 0.0584 e. The molecule has 0 aromatic heterocycles. The van der Waals surface area contributed by atoms with Gasteiger partial charge in [-0.05, 0) is 63.8 Å². The fourth-order valence-corrected chi connectivity index (χ4v) is 3.99. The van der Waals surface area contributed by atoms with Crippen molar-refractivity contribution in [2.75, 3.05) is 0 Å². The zero-order chi connectivity index (χ0) is 20.9. The van der Waals surface area contributed by atoms with Crippen LogP contribution in [-0.4, -0.2) is 0 Å². The van der Waals surface area contributed by atoms with Crippen LogP contribution in [0, 0.1) is 0 Å². The Morgan fingerprint density at radius 3 is 0.839 bits per heavy atom. The minimum Gasteiger partial charge on any atom is -0.0584 e. The van der Waals surface area contributed by atoms with Gasteiger partial charge in [-0.3, -0.25) is 0 Å². The van der Waals surface area contributed by atoms with Gasteiger partial charge in [0.15, 0.2) is 0 Å². The highest BCUT2D eigenvalue weighted by Gasteiger charge is 2.00. The molecule has 0 unspecified atom stereocenters. The van der Waals surface area contributed by atoms with Crippen molar-refractivity contribution >= 4 is 24.3 Å². The second-order valence-corrected chi connectivity index (χ2v) is 8.31. The molecule has 4 aromatic rings. The van der Waals surface area contributed by atoms with Crippen molar-refractivity contribution in [2.45, 2.75) is 19.3 Å². The number of benzene rings is 4. The predicted molar refractivity (Wildman–Crippen MR) is 134 cm³/mol. The quantitative estimate of drug-likeness (QED) is 0.284. The summed E-state index contributed by atoms with van der Waals surface area (Å²) in [6, 6.07) is 35.6. The first-order valence-corrected chi connectivity index (χ1v) is 11.0. The van der Waals surface area contributed by atoms with Gasteiger partial charge in [0.25, 0.3) is 0 Å². The van der Waals surface area contributed by atoms with Gasteiger partial charge in [-0.1, -0.05) is 121 Å². The van der Waals surface area contributed by atoms with Crippen LogP contribution in [0.4, 0.5) is 0 Å². The highest BCUT2D eigenvalue weighted by molar-refractivity contribution is 5.70. The van der Waals surface area contributed by atoms with Crippen LogP contribution >= 0.6 is 0 Å². The molecule has 0 amide bonds. The van der Waals surface area contributed by atoms with Crippen LogP contribution in [0.5, 0.6) is 0 Å². The van der Waals surface area contributed by atoms with Gasteiger partial charge in [0.05, 0.1) is 0 Å². The van der Waals surface area contributed by atoms with E-state index in [-0.39, 0.29) is 0 Å². The normalized spacial score (nSPS) is 15.2. The Bertz CT molecular complexity index is 1090. The highest BCUT2D eigenvalue weighted by atomic mass is 14.0. The molecule has 7 aliphatic carbocycles. The zero-order valence-electron chi connectivity index (χ0n) is 17.7. The Kier molecular flexibility index (Phi) is 5.62.